The van der Waals surface area contributed by atoms with Gasteiger partial charge in [0.2, 0.25) is 5.91 Å². The number of alkyl halides is 3. The highest BCUT2D eigenvalue weighted by Gasteiger charge is 2.44. The van der Waals surface area contributed by atoms with E-state index < -0.39 is 42.3 Å². The summed E-state index contributed by atoms with van der Waals surface area (Å²) < 4.78 is 39.9. The summed E-state index contributed by atoms with van der Waals surface area (Å²) in [4.78, 5) is 25.7. The summed E-state index contributed by atoms with van der Waals surface area (Å²) in [6.07, 6.45) is -9.39. The van der Waals surface area contributed by atoms with E-state index in [0.29, 0.717) is 5.56 Å². The van der Waals surface area contributed by atoms with E-state index in [1.165, 1.54) is 0 Å². The molecule has 2 amide bonds. The van der Waals surface area contributed by atoms with Gasteiger partial charge in [0.25, 0.3) is 0 Å². The highest BCUT2D eigenvalue weighted by molar-refractivity contribution is 5.85. The first-order valence-corrected chi connectivity index (χ1v) is 10.6. The number of nitrogens with zero attached hydrogens (tertiary/aromatic N) is 1. The van der Waals surface area contributed by atoms with Gasteiger partial charge in [-0.1, -0.05) is 74.5 Å². The molecule has 2 aromatic carbocycles. The molecule has 0 aliphatic heterocycles. The lowest BCUT2D eigenvalue weighted by Gasteiger charge is -2.37. The highest BCUT2D eigenvalue weighted by Crippen LogP contribution is 2.25. The molecule has 33 heavy (non-hydrogen) atoms. The van der Waals surface area contributed by atoms with Crippen molar-refractivity contribution < 1.29 is 33.0 Å². The number of amides is 2. The molecule has 0 saturated carbocycles. The van der Waals surface area contributed by atoms with E-state index >= 15 is 0 Å². The Kier molecular flexibility index (Phi) is 9.28. The summed E-state index contributed by atoms with van der Waals surface area (Å²) in [6.45, 7) is 3.00. The molecule has 2 aromatic rings. The van der Waals surface area contributed by atoms with E-state index in [4.69, 9.17) is 0 Å². The molecule has 0 radical (unpaired) electrons. The number of carboxylic acid groups (broad SMARTS) is 1. The van der Waals surface area contributed by atoms with Crippen LogP contribution < -0.4 is 10.4 Å². The van der Waals surface area contributed by atoms with Crippen LogP contribution in [-0.4, -0.2) is 46.4 Å². The Hall–Kier alpha value is -3.07. The first-order valence-electron chi connectivity index (χ1n) is 10.6. The summed E-state index contributed by atoms with van der Waals surface area (Å²) in [5, 5.41) is 24.0. The number of carbonyl (C=O) groups excluding carboxylic acids is 2. The van der Waals surface area contributed by atoms with E-state index in [-0.39, 0.29) is 19.4 Å². The van der Waals surface area contributed by atoms with Gasteiger partial charge in [0.05, 0.1) is 6.04 Å². The molecule has 0 fully saturated rings. The van der Waals surface area contributed by atoms with Gasteiger partial charge in [-0.15, -0.1) is 0 Å². The number of rotatable bonds is 10. The molecule has 0 aliphatic carbocycles. The molecule has 0 heterocycles. The summed E-state index contributed by atoms with van der Waals surface area (Å²) in [7, 11) is 0. The standard InChI is InChI=1S/C24H29F3N2O4/c1-16(2)20(29(23(32)33)15-18-11-7-4-8-12-18)22(31)28-19(21(30)24(25,26)27)14-13-17-9-5-3-6-10-17/h3-12,16,19-21,30H,13-15H2,1-2H3,(H,28,31)(H,32,33)/p-1/t19-,20+,21+/m1/s1. The molecule has 0 aromatic heterocycles. The lowest BCUT2D eigenvalue weighted by atomic mass is 9.97. The maximum Gasteiger partial charge on any atom is 0.416 e. The van der Waals surface area contributed by atoms with Gasteiger partial charge in [0.15, 0.2) is 6.10 Å². The van der Waals surface area contributed by atoms with Crippen LogP contribution in [0.1, 0.15) is 31.4 Å². The van der Waals surface area contributed by atoms with Crippen LogP contribution in [0.25, 0.3) is 0 Å². The number of hydrogen-bond acceptors (Lipinski definition) is 4. The van der Waals surface area contributed by atoms with E-state index in [0.717, 1.165) is 10.5 Å². The van der Waals surface area contributed by atoms with Crippen LogP contribution in [0.2, 0.25) is 0 Å². The fraction of sp³-hybridized carbons (Fsp3) is 0.417. The van der Waals surface area contributed by atoms with Crippen LogP contribution in [-0.2, 0) is 17.8 Å². The predicted octanol–water partition coefficient (Wildman–Crippen LogP) is 2.90. The number of aliphatic hydroxyl groups is 1. The van der Waals surface area contributed by atoms with E-state index in [1.807, 2.05) is 0 Å². The van der Waals surface area contributed by atoms with Crippen LogP contribution in [0.15, 0.2) is 60.7 Å². The Labute approximate surface area is 191 Å². The fourth-order valence-corrected chi connectivity index (χ4v) is 3.63. The van der Waals surface area contributed by atoms with Crippen LogP contribution in [0.3, 0.4) is 0 Å². The molecule has 0 spiro atoms. The Morgan fingerprint density at radius 3 is 1.97 bits per heavy atom. The summed E-state index contributed by atoms with van der Waals surface area (Å²) in [6, 6.07) is 14.2. The highest BCUT2D eigenvalue weighted by atomic mass is 19.4. The predicted molar refractivity (Wildman–Crippen MR) is 115 cm³/mol. The third-order valence-corrected chi connectivity index (χ3v) is 5.30. The topological polar surface area (TPSA) is 92.7 Å². The van der Waals surface area contributed by atoms with E-state index in [2.05, 4.69) is 5.32 Å². The van der Waals surface area contributed by atoms with Crippen molar-refractivity contribution in [2.24, 2.45) is 5.92 Å². The van der Waals surface area contributed by atoms with E-state index in [1.54, 1.807) is 74.5 Å². The van der Waals surface area contributed by atoms with Gasteiger partial charge in [-0.2, -0.15) is 13.2 Å². The molecule has 6 nitrogen and oxygen atoms in total. The fourth-order valence-electron chi connectivity index (χ4n) is 3.63. The zero-order valence-corrected chi connectivity index (χ0v) is 18.5. The molecule has 3 atom stereocenters. The second-order valence-corrected chi connectivity index (χ2v) is 8.19. The number of halogens is 3. The third-order valence-electron chi connectivity index (χ3n) is 5.30. The van der Waals surface area contributed by atoms with Gasteiger partial charge < -0.3 is 25.2 Å². The average Bonchev–Trinajstić information content (AvgIpc) is 2.76. The minimum Gasteiger partial charge on any atom is -0.530 e. The maximum atomic E-state index is 13.3. The van der Waals surface area contributed by atoms with Crippen molar-refractivity contribution >= 4 is 12.0 Å². The van der Waals surface area contributed by atoms with Crippen LogP contribution >= 0.6 is 0 Å². The molecule has 0 aliphatic rings. The average molecular weight is 465 g/mol. The Morgan fingerprint density at radius 1 is 1.00 bits per heavy atom. The zero-order chi connectivity index (χ0) is 24.6. The van der Waals surface area contributed by atoms with E-state index in [9.17, 15) is 33.0 Å². The largest absolute Gasteiger partial charge is 0.530 e. The van der Waals surface area contributed by atoms with Gasteiger partial charge in [0, 0.05) is 6.54 Å². The monoisotopic (exact) mass is 465 g/mol. The lowest BCUT2D eigenvalue weighted by molar-refractivity contribution is -0.269. The number of aliphatic hydroxyl groups excluding tert-OH is 1. The molecule has 0 bridgehead atoms. The minimum atomic E-state index is -4.96. The lowest BCUT2D eigenvalue weighted by Crippen LogP contribution is -2.59. The minimum absolute atomic E-state index is 0.171. The van der Waals surface area contributed by atoms with Gasteiger partial charge >= 0.3 is 6.18 Å². The Balaban J connectivity index is 2.24. The second kappa shape index (κ2) is 11.7. The second-order valence-electron chi connectivity index (χ2n) is 8.19. The molecule has 0 unspecified atom stereocenters. The van der Waals surface area contributed by atoms with Crippen LogP contribution in [0.4, 0.5) is 18.0 Å². The van der Waals surface area contributed by atoms with Crippen molar-refractivity contribution in [2.75, 3.05) is 0 Å². The maximum absolute atomic E-state index is 13.3. The number of benzene rings is 2. The van der Waals surface area contributed by atoms with Crippen LogP contribution in [0, 0.1) is 5.92 Å². The molecular weight excluding hydrogens is 437 g/mol. The van der Waals surface area contributed by atoms with Gasteiger partial charge in [0.1, 0.15) is 12.1 Å². The van der Waals surface area contributed by atoms with Crippen molar-refractivity contribution in [2.45, 2.75) is 57.6 Å². The van der Waals surface area contributed by atoms with Gasteiger partial charge in [-0.05, 0) is 29.9 Å². The molecule has 180 valence electrons. The number of hydrogen-bond donors (Lipinski definition) is 2. The quantitative estimate of drug-likeness (QED) is 0.564. The Morgan fingerprint density at radius 2 is 1.52 bits per heavy atom. The van der Waals surface area contributed by atoms with Gasteiger partial charge in [-0.3, -0.25) is 4.79 Å². The smallest absolute Gasteiger partial charge is 0.416 e. The normalized spacial score (nSPS) is 14.4. The molecule has 0 saturated heterocycles. The van der Waals surface area contributed by atoms with Crippen molar-refractivity contribution in [3.8, 4) is 0 Å². The van der Waals surface area contributed by atoms with Crippen LogP contribution in [0.5, 0.6) is 0 Å². The van der Waals surface area contributed by atoms with Crippen molar-refractivity contribution in [3.63, 3.8) is 0 Å². The summed E-state index contributed by atoms with van der Waals surface area (Å²) in [5.74, 6) is -1.49. The number of nitrogens with one attached hydrogen (secondary N) is 1. The van der Waals surface area contributed by atoms with Crippen molar-refractivity contribution in [3.05, 3.63) is 71.8 Å². The van der Waals surface area contributed by atoms with Gasteiger partial charge in [-0.25, -0.2) is 0 Å². The first-order chi connectivity index (χ1) is 15.5. The first kappa shape index (κ1) is 26.2. The van der Waals surface area contributed by atoms with Crippen molar-refractivity contribution in [1.29, 1.82) is 0 Å². The Bertz CT molecular complexity index is 892. The molecular formula is C24H28F3N2O4-. The summed E-state index contributed by atoms with van der Waals surface area (Å²) in [5.41, 5.74) is 1.34. The molecule has 2 N–H and O–H groups in total. The third kappa shape index (κ3) is 7.78. The molecule has 2 rings (SSSR count). The SMILES string of the molecule is CC(C)[C@@H](C(=O)N[C@H](CCc1ccccc1)[C@H](O)C(F)(F)F)N(Cc1ccccc1)C(=O)[O-]. The number of carbonyl (C=O) groups is 2. The summed E-state index contributed by atoms with van der Waals surface area (Å²) >= 11 is 0. The zero-order valence-electron chi connectivity index (χ0n) is 18.5. The molecule has 9 heteroatoms. The van der Waals surface area contributed by atoms with Crippen molar-refractivity contribution in [1.82, 2.24) is 10.2 Å². The number of aryl methyl sites for hydroxylation is 1.